The van der Waals surface area contributed by atoms with Crippen LogP contribution in [0.4, 0.5) is 0 Å². The molecular weight excluding hydrogens is 178 g/mol. The highest BCUT2D eigenvalue weighted by molar-refractivity contribution is 7.99. The van der Waals surface area contributed by atoms with E-state index in [2.05, 4.69) is 37.8 Å². The zero-order chi connectivity index (χ0) is 9.68. The number of hydrogen-bond acceptors (Lipinski definition) is 2. The number of hydrogen-bond donors (Lipinski definition) is 1. The highest BCUT2D eigenvalue weighted by Crippen LogP contribution is 2.20. The molecule has 1 nitrogen and oxygen atoms in total. The number of nitrogens with one attached hydrogen (secondary N) is 1. The van der Waals surface area contributed by atoms with Gasteiger partial charge in [0.2, 0.25) is 0 Å². The Labute approximate surface area is 87.1 Å². The van der Waals surface area contributed by atoms with Gasteiger partial charge in [-0.2, -0.15) is 11.8 Å². The second kappa shape index (κ2) is 5.92. The Hall–Kier alpha value is 0.310. The maximum Gasteiger partial charge on any atom is 0.0101 e. The van der Waals surface area contributed by atoms with Crippen molar-refractivity contribution in [2.45, 2.75) is 39.7 Å². The molecule has 78 valence electrons. The van der Waals surface area contributed by atoms with Crippen molar-refractivity contribution in [3.63, 3.8) is 0 Å². The summed E-state index contributed by atoms with van der Waals surface area (Å²) < 4.78 is 0. The van der Waals surface area contributed by atoms with Crippen molar-refractivity contribution >= 4 is 11.8 Å². The Balaban J connectivity index is 2.06. The van der Waals surface area contributed by atoms with Crippen LogP contribution >= 0.6 is 11.8 Å². The first kappa shape index (κ1) is 11.4. The van der Waals surface area contributed by atoms with E-state index in [1.165, 1.54) is 30.9 Å². The van der Waals surface area contributed by atoms with E-state index in [-0.39, 0.29) is 0 Å². The van der Waals surface area contributed by atoms with Gasteiger partial charge in [-0.3, -0.25) is 0 Å². The van der Waals surface area contributed by atoms with Gasteiger partial charge in [0, 0.05) is 6.04 Å². The van der Waals surface area contributed by atoms with Gasteiger partial charge in [-0.1, -0.05) is 20.8 Å². The Kier molecular flexibility index (Phi) is 5.18. The molecule has 0 aromatic heterocycles. The molecule has 2 unspecified atom stereocenters. The summed E-state index contributed by atoms with van der Waals surface area (Å²) in [5.74, 6) is 4.34. The van der Waals surface area contributed by atoms with Crippen LogP contribution in [0.15, 0.2) is 0 Å². The highest BCUT2D eigenvalue weighted by atomic mass is 32.2. The first-order valence-corrected chi connectivity index (χ1v) is 6.66. The van der Waals surface area contributed by atoms with Gasteiger partial charge >= 0.3 is 0 Å². The quantitative estimate of drug-likeness (QED) is 0.734. The first-order chi connectivity index (χ1) is 6.20. The maximum absolute atomic E-state index is 3.58. The van der Waals surface area contributed by atoms with Gasteiger partial charge in [0.15, 0.2) is 0 Å². The van der Waals surface area contributed by atoms with Gasteiger partial charge in [-0.25, -0.2) is 0 Å². The molecule has 1 rings (SSSR count). The topological polar surface area (TPSA) is 12.0 Å². The van der Waals surface area contributed by atoms with Crippen LogP contribution in [0.25, 0.3) is 0 Å². The summed E-state index contributed by atoms with van der Waals surface area (Å²) in [5, 5.41) is 3.58. The summed E-state index contributed by atoms with van der Waals surface area (Å²) in [5.41, 5.74) is 0. The average molecular weight is 201 g/mol. The van der Waals surface area contributed by atoms with Crippen LogP contribution in [0.2, 0.25) is 0 Å². The molecule has 0 spiro atoms. The third-order valence-corrected chi connectivity index (χ3v) is 4.28. The Morgan fingerprint density at radius 3 is 2.62 bits per heavy atom. The van der Waals surface area contributed by atoms with Crippen molar-refractivity contribution in [1.82, 2.24) is 5.32 Å². The molecular formula is C11H23NS. The van der Waals surface area contributed by atoms with E-state index in [1.807, 2.05) is 0 Å². The van der Waals surface area contributed by atoms with Gasteiger partial charge in [0.1, 0.15) is 0 Å². The fourth-order valence-corrected chi connectivity index (χ4v) is 3.01. The predicted molar refractivity (Wildman–Crippen MR) is 62.4 cm³/mol. The predicted octanol–water partition coefficient (Wildman–Crippen LogP) is 2.76. The number of rotatable bonds is 5. The normalized spacial score (nSPS) is 25.4. The standard InChI is InChI=1S/C11H23NS/c1-9(2)7-13-8-10(3)11-5-4-6-12-11/h9-12H,4-8H2,1-3H3. The molecule has 1 aliphatic rings. The molecule has 1 N–H and O–H groups in total. The lowest BCUT2D eigenvalue weighted by atomic mass is 10.0. The van der Waals surface area contributed by atoms with Gasteiger partial charge in [0.25, 0.3) is 0 Å². The molecule has 0 aliphatic carbocycles. The maximum atomic E-state index is 3.58. The van der Waals surface area contributed by atoms with Crippen molar-refractivity contribution in [3.8, 4) is 0 Å². The lowest BCUT2D eigenvalue weighted by Crippen LogP contribution is -2.30. The molecule has 1 heterocycles. The summed E-state index contributed by atoms with van der Waals surface area (Å²) in [7, 11) is 0. The highest BCUT2D eigenvalue weighted by Gasteiger charge is 2.20. The van der Waals surface area contributed by atoms with E-state index in [1.54, 1.807) is 0 Å². The molecule has 1 saturated heterocycles. The molecule has 0 saturated carbocycles. The lowest BCUT2D eigenvalue weighted by molar-refractivity contribution is 0.458. The van der Waals surface area contributed by atoms with E-state index in [0.29, 0.717) is 0 Å². The smallest absolute Gasteiger partial charge is 0.0101 e. The monoisotopic (exact) mass is 201 g/mol. The van der Waals surface area contributed by atoms with E-state index in [4.69, 9.17) is 0 Å². The summed E-state index contributed by atoms with van der Waals surface area (Å²) in [4.78, 5) is 0. The van der Waals surface area contributed by atoms with Gasteiger partial charge < -0.3 is 5.32 Å². The van der Waals surface area contributed by atoms with Crippen LogP contribution in [0, 0.1) is 11.8 Å². The number of thioether (sulfide) groups is 1. The molecule has 0 aromatic rings. The fourth-order valence-electron chi connectivity index (χ4n) is 1.80. The van der Waals surface area contributed by atoms with Crippen molar-refractivity contribution in [2.75, 3.05) is 18.1 Å². The minimum Gasteiger partial charge on any atom is -0.314 e. The Morgan fingerprint density at radius 1 is 1.31 bits per heavy atom. The molecule has 2 heteroatoms. The molecule has 1 aliphatic heterocycles. The van der Waals surface area contributed by atoms with Crippen LogP contribution in [-0.4, -0.2) is 24.1 Å². The molecule has 13 heavy (non-hydrogen) atoms. The summed E-state index contributed by atoms with van der Waals surface area (Å²) in [6.45, 7) is 8.22. The van der Waals surface area contributed by atoms with Gasteiger partial charge in [0.05, 0.1) is 0 Å². The van der Waals surface area contributed by atoms with E-state index in [0.717, 1.165) is 17.9 Å². The molecule has 0 bridgehead atoms. The van der Waals surface area contributed by atoms with Gasteiger partial charge in [-0.05, 0) is 42.7 Å². The Bertz CT molecular complexity index is 130. The van der Waals surface area contributed by atoms with E-state index in [9.17, 15) is 0 Å². The average Bonchev–Trinajstić information content (AvgIpc) is 2.55. The van der Waals surface area contributed by atoms with E-state index < -0.39 is 0 Å². The molecule has 0 amide bonds. The van der Waals surface area contributed by atoms with E-state index >= 15 is 0 Å². The van der Waals surface area contributed by atoms with Crippen LogP contribution in [0.5, 0.6) is 0 Å². The van der Waals surface area contributed by atoms with Crippen LogP contribution < -0.4 is 5.32 Å². The van der Waals surface area contributed by atoms with Crippen molar-refractivity contribution in [1.29, 1.82) is 0 Å². The fraction of sp³-hybridized carbons (Fsp3) is 1.00. The minimum atomic E-state index is 0.805. The third-order valence-electron chi connectivity index (χ3n) is 2.62. The second-order valence-electron chi connectivity index (χ2n) is 4.61. The van der Waals surface area contributed by atoms with Crippen molar-refractivity contribution in [2.24, 2.45) is 11.8 Å². The third kappa shape index (κ3) is 4.37. The Morgan fingerprint density at radius 2 is 2.08 bits per heavy atom. The SMILES string of the molecule is CC(C)CSCC(C)C1CCCN1. The first-order valence-electron chi connectivity index (χ1n) is 5.51. The van der Waals surface area contributed by atoms with Crippen molar-refractivity contribution < 1.29 is 0 Å². The van der Waals surface area contributed by atoms with Gasteiger partial charge in [-0.15, -0.1) is 0 Å². The molecule has 1 fully saturated rings. The second-order valence-corrected chi connectivity index (χ2v) is 5.69. The van der Waals surface area contributed by atoms with Crippen LogP contribution in [0.1, 0.15) is 33.6 Å². The summed E-state index contributed by atoms with van der Waals surface area (Å²) in [6.07, 6.45) is 2.77. The largest absolute Gasteiger partial charge is 0.314 e. The molecule has 0 radical (unpaired) electrons. The van der Waals surface area contributed by atoms with Crippen LogP contribution in [-0.2, 0) is 0 Å². The molecule has 0 aromatic carbocycles. The van der Waals surface area contributed by atoms with Crippen molar-refractivity contribution in [3.05, 3.63) is 0 Å². The van der Waals surface area contributed by atoms with Crippen LogP contribution in [0.3, 0.4) is 0 Å². The summed E-state index contributed by atoms with van der Waals surface area (Å²) in [6, 6.07) is 0.805. The summed E-state index contributed by atoms with van der Waals surface area (Å²) >= 11 is 2.12. The molecule has 2 atom stereocenters. The minimum absolute atomic E-state index is 0.805. The zero-order valence-electron chi connectivity index (χ0n) is 9.18. The lowest BCUT2D eigenvalue weighted by Gasteiger charge is -2.19. The zero-order valence-corrected chi connectivity index (χ0v) is 9.99.